The highest BCUT2D eigenvalue weighted by Crippen LogP contribution is 2.04. The van der Waals surface area contributed by atoms with Crippen molar-refractivity contribution in [1.82, 2.24) is 5.06 Å². The second-order valence-electron chi connectivity index (χ2n) is 3.23. The number of nitrogens with zero attached hydrogens (tertiary/aromatic N) is 1. The molecule has 0 aliphatic carbocycles. The number of ether oxygens (including phenoxy) is 2. The van der Waals surface area contributed by atoms with Gasteiger partial charge in [-0.25, -0.2) is 9.59 Å². The van der Waals surface area contributed by atoms with Crippen LogP contribution in [0.1, 0.15) is 13.8 Å². The van der Waals surface area contributed by atoms with Crippen LogP contribution in [-0.4, -0.2) is 43.5 Å². The van der Waals surface area contributed by atoms with Crippen molar-refractivity contribution in [1.29, 1.82) is 0 Å². The molecule has 0 saturated heterocycles. The minimum Gasteiger partial charge on any atom is -0.463 e. The fraction of sp³-hybridized carbons (Fsp3) is 0.500. The molecular weight excluding hydrogens is 238 g/mol. The number of rotatable bonds is 7. The van der Waals surface area contributed by atoms with Gasteiger partial charge in [-0.1, -0.05) is 18.7 Å². The molecule has 0 rings (SSSR count). The van der Waals surface area contributed by atoms with Crippen molar-refractivity contribution < 1.29 is 23.9 Å². The average Bonchev–Trinajstić information content (AvgIpc) is 2.35. The van der Waals surface area contributed by atoms with Crippen molar-refractivity contribution in [2.24, 2.45) is 0 Å². The van der Waals surface area contributed by atoms with E-state index in [1.165, 1.54) is 25.3 Å². The Balaban J connectivity index is 4.41. The summed E-state index contributed by atoms with van der Waals surface area (Å²) in [6.45, 7) is 7.21. The Morgan fingerprint density at radius 1 is 1.39 bits per heavy atom. The fourth-order valence-corrected chi connectivity index (χ4v) is 1.09. The van der Waals surface area contributed by atoms with Crippen LogP contribution in [0.3, 0.4) is 0 Å². The van der Waals surface area contributed by atoms with E-state index in [1.54, 1.807) is 13.8 Å². The maximum atomic E-state index is 11.5. The maximum Gasteiger partial charge on any atom is 0.434 e. The van der Waals surface area contributed by atoms with Crippen molar-refractivity contribution in [3.63, 3.8) is 0 Å². The number of esters is 1. The zero-order valence-electron chi connectivity index (χ0n) is 10.9. The molecule has 6 nitrogen and oxygen atoms in total. The van der Waals surface area contributed by atoms with Crippen molar-refractivity contribution in [3.8, 4) is 0 Å². The molecule has 0 spiro atoms. The second kappa shape index (κ2) is 9.23. The molecule has 0 aromatic rings. The number of carbonyl (C=O) groups is 2. The van der Waals surface area contributed by atoms with E-state index in [-0.39, 0.29) is 6.61 Å². The van der Waals surface area contributed by atoms with E-state index in [0.717, 1.165) is 5.06 Å². The minimum atomic E-state index is -0.654. The molecule has 0 fully saturated rings. The molecule has 0 bridgehead atoms. The molecule has 0 aromatic heterocycles. The molecule has 102 valence electrons. The smallest absolute Gasteiger partial charge is 0.434 e. The molecule has 0 radical (unpaired) electrons. The highest BCUT2D eigenvalue weighted by molar-refractivity contribution is 5.82. The van der Waals surface area contributed by atoms with Gasteiger partial charge in [0.1, 0.15) is 6.61 Å². The van der Waals surface area contributed by atoms with Crippen LogP contribution >= 0.6 is 0 Å². The first-order valence-corrected chi connectivity index (χ1v) is 5.52. The van der Waals surface area contributed by atoms with E-state index in [4.69, 9.17) is 14.3 Å². The van der Waals surface area contributed by atoms with E-state index in [1.807, 2.05) is 0 Å². The summed E-state index contributed by atoms with van der Waals surface area (Å²) < 4.78 is 9.53. The molecule has 1 atom stereocenters. The van der Waals surface area contributed by atoms with Crippen LogP contribution in [0, 0.1) is 0 Å². The number of hydroxylamine groups is 2. The third kappa shape index (κ3) is 6.05. The lowest BCUT2D eigenvalue weighted by molar-refractivity contribution is -0.137. The summed E-state index contributed by atoms with van der Waals surface area (Å²) in [6, 6.07) is -0.461. The second-order valence-corrected chi connectivity index (χ2v) is 3.23. The van der Waals surface area contributed by atoms with Gasteiger partial charge >= 0.3 is 12.1 Å². The Hall–Kier alpha value is -1.82. The quantitative estimate of drug-likeness (QED) is 0.300. The first-order chi connectivity index (χ1) is 8.56. The first-order valence-electron chi connectivity index (χ1n) is 5.52. The maximum absolute atomic E-state index is 11.5. The van der Waals surface area contributed by atoms with Crippen molar-refractivity contribution in [2.45, 2.75) is 19.9 Å². The molecular formula is C12H19NO5. The lowest BCUT2D eigenvalue weighted by Gasteiger charge is -2.23. The molecule has 6 heteroatoms. The number of hydrogen-bond acceptors (Lipinski definition) is 5. The van der Waals surface area contributed by atoms with Gasteiger partial charge < -0.3 is 9.47 Å². The topological polar surface area (TPSA) is 65.1 Å². The normalized spacial score (nSPS) is 11.9. The van der Waals surface area contributed by atoms with Crippen LogP contribution in [0.4, 0.5) is 4.79 Å². The average molecular weight is 257 g/mol. The van der Waals surface area contributed by atoms with Crippen LogP contribution in [0.2, 0.25) is 0 Å². The molecule has 0 unspecified atom stereocenters. The Bertz CT molecular complexity index is 314. The summed E-state index contributed by atoms with van der Waals surface area (Å²) in [6.07, 6.45) is 3.51. The van der Waals surface area contributed by atoms with Crippen molar-refractivity contribution >= 4 is 12.1 Å². The van der Waals surface area contributed by atoms with Crippen LogP contribution in [0.15, 0.2) is 24.8 Å². The van der Waals surface area contributed by atoms with Crippen LogP contribution < -0.4 is 0 Å². The summed E-state index contributed by atoms with van der Waals surface area (Å²) in [4.78, 5) is 27.5. The lowest BCUT2D eigenvalue weighted by atomic mass is 10.3. The number of hydrogen-bond donors (Lipinski definition) is 0. The molecule has 1 amide bonds. The Morgan fingerprint density at radius 3 is 2.56 bits per heavy atom. The monoisotopic (exact) mass is 257 g/mol. The fourth-order valence-electron chi connectivity index (χ4n) is 1.09. The molecule has 0 aliphatic rings. The van der Waals surface area contributed by atoms with Crippen LogP contribution in [0.5, 0.6) is 0 Å². The van der Waals surface area contributed by atoms with Crippen molar-refractivity contribution in [3.05, 3.63) is 24.8 Å². The SMILES string of the molecule is C=CCOC(=O)N(OC)[C@@H](C)/C=C/C(=O)OCC. The Kier molecular flexibility index (Phi) is 8.30. The largest absolute Gasteiger partial charge is 0.463 e. The van der Waals surface area contributed by atoms with Gasteiger partial charge in [0, 0.05) is 6.08 Å². The van der Waals surface area contributed by atoms with Gasteiger partial charge in [-0.05, 0) is 13.8 Å². The minimum absolute atomic E-state index is 0.0903. The van der Waals surface area contributed by atoms with E-state index >= 15 is 0 Å². The van der Waals surface area contributed by atoms with E-state index in [9.17, 15) is 9.59 Å². The first kappa shape index (κ1) is 16.2. The van der Waals surface area contributed by atoms with Gasteiger partial charge in [0.25, 0.3) is 0 Å². The van der Waals surface area contributed by atoms with Gasteiger partial charge in [0.15, 0.2) is 0 Å². The van der Waals surface area contributed by atoms with E-state index < -0.39 is 18.1 Å². The number of amides is 1. The number of carbonyl (C=O) groups excluding carboxylic acids is 2. The highest BCUT2D eigenvalue weighted by atomic mass is 16.7. The summed E-state index contributed by atoms with van der Waals surface area (Å²) >= 11 is 0. The molecule has 0 N–H and O–H groups in total. The molecule has 0 aromatic carbocycles. The Morgan fingerprint density at radius 2 is 2.06 bits per heavy atom. The van der Waals surface area contributed by atoms with Gasteiger partial charge in [0.2, 0.25) is 0 Å². The van der Waals surface area contributed by atoms with Gasteiger partial charge in [0.05, 0.1) is 19.8 Å². The molecule has 0 heterocycles. The van der Waals surface area contributed by atoms with E-state index in [0.29, 0.717) is 6.61 Å². The third-order valence-electron chi connectivity index (χ3n) is 1.87. The zero-order chi connectivity index (χ0) is 14.0. The van der Waals surface area contributed by atoms with Crippen LogP contribution in [-0.2, 0) is 19.1 Å². The zero-order valence-corrected chi connectivity index (χ0v) is 10.9. The van der Waals surface area contributed by atoms with Gasteiger partial charge in [-0.15, -0.1) is 0 Å². The van der Waals surface area contributed by atoms with Crippen LogP contribution in [0.25, 0.3) is 0 Å². The predicted molar refractivity (Wildman–Crippen MR) is 65.6 cm³/mol. The predicted octanol–water partition coefficient (Wildman–Crippen LogP) is 1.68. The standard InChI is InChI=1S/C12H19NO5/c1-5-9-18-12(15)13(16-4)10(3)7-8-11(14)17-6-2/h5,7-8,10H,1,6,9H2,2-4H3/b8-7+/t10-/m0/s1. The summed E-state index contributed by atoms with van der Waals surface area (Å²) in [5.74, 6) is -0.472. The molecule has 18 heavy (non-hydrogen) atoms. The van der Waals surface area contributed by atoms with Gasteiger partial charge in [-0.2, -0.15) is 5.06 Å². The third-order valence-corrected chi connectivity index (χ3v) is 1.87. The lowest BCUT2D eigenvalue weighted by Crippen LogP contribution is -2.37. The summed E-state index contributed by atoms with van der Waals surface area (Å²) in [5.41, 5.74) is 0. The molecule has 0 saturated carbocycles. The molecule has 0 aliphatic heterocycles. The Labute approximate surface area is 107 Å². The summed E-state index contributed by atoms with van der Waals surface area (Å²) in [5, 5.41) is 0.999. The van der Waals surface area contributed by atoms with E-state index in [2.05, 4.69) is 6.58 Å². The van der Waals surface area contributed by atoms with Gasteiger partial charge in [-0.3, -0.25) is 4.84 Å². The highest BCUT2D eigenvalue weighted by Gasteiger charge is 2.19. The van der Waals surface area contributed by atoms with Crippen molar-refractivity contribution in [2.75, 3.05) is 20.3 Å². The summed E-state index contributed by atoms with van der Waals surface area (Å²) in [7, 11) is 1.34.